The van der Waals surface area contributed by atoms with Gasteiger partial charge in [-0.15, -0.1) is 0 Å². The van der Waals surface area contributed by atoms with Crippen LogP contribution in [0.4, 0.5) is 0 Å². The molecule has 6 nitrogen and oxygen atoms in total. The molecule has 1 heterocycles. The molecular weight excluding hydrogens is 336 g/mol. The van der Waals surface area contributed by atoms with Crippen LogP contribution < -0.4 is 11.5 Å². The number of aliphatic imine (C=N–C) groups is 1. The van der Waals surface area contributed by atoms with E-state index in [1.54, 1.807) is 0 Å². The number of ketones is 1. The molecule has 0 aromatic carbocycles. The normalized spacial score (nSPS) is 29.2. The molecule has 0 aromatic rings. The summed E-state index contributed by atoms with van der Waals surface area (Å²) in [5.41, 5.74) is 11.6. The van der Waals surface area contributed by atoms with Crippen molar-refractivity contribution in [2.75, 3.05) is 0 Å². The van der Waals surface area contributed by atoms with Gasteiger partial charge in [-0.25, -0.2) is 4.99 Å². The summed E-state index contributed by atoms with van der Waals surface area (Å²) in [5.74, 6) is -0.743. The van der Waals surface area contributed by atoms with Crippen molar-refractivity contribution >= 4 is 28.5 Å². The molecular formula is C18H24N4O2S. The third-order valence-corrected chi connectivity index (χ3v) is 7.04. The Morgan fingerprint density at radius 2 is 1.96 bits per heavy atom. The van der Waals surface area contributed by atoms with Gasteiger partial charge in [0, 0.05) is 11.8 Å². The van der Waals surface area contributed by atoms with Crippen LogP contribution in [0.3, 0.4) is 0 Å². The molecule has 0 bridgehead atoms. The summed E-state index contributed by atoms with van der Waals surface area (Å²) < 4.78 is 0. The molecule has 3 rings (SSSR count). The molecule has 0 radical (unpaired) electrons. The van der Waals surface area contributed by atoms with E-state index in [1.807, 2.05) is 0 Å². The first-order chi connectivity index (χ1) is 12.0. The van der Waals surface area contributed by atoms with Gasteiger partial charge in [0.15, 0.2) is 0 Å². The minimum absolute atomic E-state index is 0.188. The molecule has 25 heavy (non-hydrogen) atoms. The number of hydrogen-bond acceptors (Lipinski definition) is 6. The van der Waals surface area contributed by atoms with Gasteiger partial charge in [0.05, 0.1) is 27.9 Å². The van der Waals surface area contributed by atoms with Crippen LogP contribution in [-0.2, 0) is 9.59 Å². The second kappa shape index (κ2) is 7.20. The van der Waals surface area contributed by atoms with Gasteiger partial charge in [-0.3, -0.25) is 9.59 Å². The predicted molar refractivity (Wildman–Crippen MR) is 97.3 cm³/mol. The fourth-order valence-corrected chi connectivity index (χ4v) is 5.93. The Hall–Kier alpha value is -1.81. The summed E-state index contributed by atoms with van der Waals surface area (Å²) >= 11 is 1.35. The number of Topliss-reactive ketones (excluding diaryl/α,β-unsaturated/α-hetero) is 1. The second-order valence-electron chi connectivity index (χ2n) is 7.19. The molecule has 4 N–H and O–H groups in total. The fraction of sp³-hybridized carbons (Fsp3) is 0.667. The van der Waals surface area contributed by atoms with Crippen LogP contribution in [0.5, 0.6) is 0 Å². The number of primary amides is 1. The summed E-state index contributed by atoms with van der Waals surface area (Å²) in [6, 6.07) is 2.20. The molecule has 2 fully saturated rings. The number of nitrogens with zero attached hydrogens (tertiary/aromatic N) is 2. The van der Waals surface area contributed by atoms with Gasteiger partial charge in [0.25, 0.3) is 0 Å². The maximum atomic E-state index is 12.4. The first-order valence-corrected chi connectivity index (χ1v) is 9.85. The standard InChI is InChI=1S/C18H24N4O2S/c19-10-11-15(20)22-17(25-13-7-3-2-6-12(13)23)14(16(21)24)18(11)8-4-1-5-9-18/h13-14H,1-9,20H2,(H2,21,24). The summed E-state index contributed by atoms with van der Waals surface area (Å²) in [7, 11) is 0. The van der Waals surface area contributed by atoms with Crippen LogP contribution in [0.15, 0.2) is 16.4 Å². The lowest BCUT2D eigenvalue weighted by molar-refractivity contribution is -0.123. The van der Waals surface area contributed by atoms with E-state index >= 15 is 0 Å². The summed E-state index contributed by atoms with van der Waals surface area (Å²) in [6.45, 7) is 0. The quantitative estimate of drug-likeness (QED) is 0.783. The van der Waals surface area contributed by atoms with E-state index in [2.05, 4.69) is 11.1 Å². The highest BCUT2D eigenvalue weighted by atomic mass is 32.2. The van der Waals surface area contributed by atoms with Crippen molar-refractivity contribution in [3.8, 4) is 6.07 Å². The lowest BCUT2D eigenvalue weighted by atomic mass is 9.61. The van der Waals surface area contributed by atoms with Gasteiger partial charge < -0.3 is 11.5 Å². The molecule has 0 saturated heterocycles. The van der Waals surface area contributed by atoms with Gasteiger partial charge in [-0.05, 0) is 25.7 Å². The topological polar surface area (TPSA) is 122 Å². The molecule has 1 amide bonds. The van der Waals surface area contributed by atoms with E-state index in [1.165, 1.54) is 11.8 Å². The summed E-state index contributed by atoms with van der Waals surface area (Å²) in [5, 5.41) is 10.0. The summed E-state index contributed by atoms with van der Waals surface area (Å²) in [4.78, 5) is 29.0. The van der Waals surface area contributed by atoms with E-state index in [4.69, 9.17) is 11.5 Å². The largest absolute Gasteiger partial charge is 0.383 e. The number of allylic oxidation sites excluding steroid dienone is 1. The lowest BCUT2D eigenvalue weighted by Crippen LogP contribution is -2.49. The Morgan fingerprint density at radius 3 is 2.56 bits per heavy atom. The van der Waals surface area contributed by atoms with Gasteiger partial charge in [0.1, 0.15) is 11.6 Å². The molecule has 2 unspecified atom stereocenters. The van der Waals surface area contributed by atoms with Crippen molar-refractivity contribution in [2.24, 2.45) is 27.8 Å². The molecule has 1 aliphatic heterocycles. The average Bonchev–Trinajstić information content (AvgIpc) is 2.57. The first kappa shape index (κ1) is 18.0. The average molecular weight is 360 g/mol. The Kier molecular flexibility index (Phi) is 5.19. The van der Waals surface area contributed by atoms with E-state index in [0.717, 1.165) is 38.5 Å². The number of nitrogens with two attached hydrogens (primary N) is 2. The lowest BCUT2D eigenvalue weighted by Gasteiger charge is -2.44. The van der Waals surface area contributed by atoms with Crippen LogP contribution >= 0.6 is 11.8 Å². The van der Waals surface area contributed by atoms with E-state index < -0.39 is 17.2 Å². The third kappa shape index (κ3) is 3.20. The minimum atomic E-state index is -0.658. The van der Waals surface area contributed by atoms with Crippen molar-refractivity contribution in [3.63, 3.8) is 0 Å². The zero-order valence-corrected chi connectivity index (χ0v) is 15.1. The minimum Gasteiger partial charge on any atom is -0.383 e. The molecule has 0 aromatic heterocycles. The van der Waals surface area contributed by atoms with Crippen LogP contribution in [0.1, 0.15) is 57.8 Å². The predicted octanol–water partition coefficient (Wildman–Crippen LogP) is 2.39. The van der Waals surface area contributed by atoms with Crippen LogP contribution in [0.2, 0.25) is 0 Å². The van der Waals surface area contributed by atoms with Crippen molar-refractivity contribution in [1.29, 1.82) is 5.26 Å². The van der Waals surface area contributed by atoms with Crippen LogP contribution in [0, 0.1) is 22.7 Å². The highest BCUT2D eigenvalue weighted by molar-refractivity contribution is 8.15. The van der Waals surface area contributed by atoms with Crippen LogP contribution in [0.25, 0.3) is 0 Å². The highest BCUT2D eigenvalue weighted by Gasteiger charge is 2.52. The monoisotopic (exact) mass is 360 g/mol. The Bertz CT molecular complexity index is 686. The molecule has 7 heteroatoms. The van der Waals surface area contributed by atoms with Crippen molar-refractivity contribution in [1.82, 2.24) is 0 Å². The zero-order chi connectivity index (χ0) is 18.0. The number of nitriles is 1. The smallest absolute Gasteiger partial charge is 0.228 e. The SMILES string of the molecule is N#CC1=C(N)N=C(SC2CCCCC2=O)C(C(N)=O)C12CCCCC2. The van der Waals surface area contributed by atoms with Crippen molar-refractivity contribution in [3.05, 3.63) is 11.4 Å². The fourth-order valence-electron chi connectivity index (χ4n) is 4.47. The number of rotatable bonds is 2. The van der Waals surface area contributed by atoms with Crippen LogP contribution in [-0.4, -0.2) is 22.0 Å². The molecule has 1 spiro atoms. The number of carbonyl (C=O) groups excluding carboxylic acids is 2. The zero-order valence-electron chi connectivity index (χ0n) is 14.3. The number of hydrogen-bond donors (Lipinski definition) is 2. The number of amides is 1. The van der Waals surface area contributed by atoms with Crippen molar-refractivity contribution < 1.29 is 9.59 Å². The second-order valence-corrected chi connectivity index (χ2v) is 8.42. The molecule has 2 saturated carbocycles. The maximum absolute atomic E-state index is 12.4. The van der Waals surface area contributed by atoms with Gasteiger partial charge >= 0.3 is 0 Å². The maximum Gasteiger partial charge on any atom is 0.228 e. The Labute approximate surface area is 152 Å². The Morgan fingerprint density at radius 1 is 1.24 bits per heavy atom. The summed E-state index contributed by atoms with van der Waals surface area (Å²) in [6.07, 6.45) is 7.65. The molecule has 134 valence electrons. The van der Waals surface area contributed by atoms with Gasteiger partial charge in [-0.2, -0.15) is 5.26 Å². The van der Waals surface area contributed by atoms with E-state index in [0.29, 0.717) is 29.9 Å². The van der Waals surface area contributed by atoms with Gasteiger partial charge in [-0.1, -0.05) is 37.4 Å². The number of thioether (sulfide) groups is 1. The third-order valence-electron chi connectivity index (χ3n) is 5.69. The Balaban J connectivity index is 2.01. The molecule has 3 aliphatic rings. The molecule has 2 atom stereocenters. The van der Waals surface area contributed by atoms with Crippen molar-refractivity contribution in [2.45, 2.75) is 63.0 Å². The highest BCUT2D eigenvalue weighted by Crippen LogP contribution is 2.53. The number of carbonyl (C=O) groups is 2. The molecule has 2 aliphatic carbocycles. The van der Waals surface area contributed by atoms with E-state index in [9.17, 15) is 14.9 Å². The van der Waals surface area contributed by atoms with E-state index in [-0.39, 0.29) is 16.9 Å². The first-order valence-electron chi connectivity index (χ1n) is 8.97. The van der Waals surface area contributed by atoms with Gasteiger partial charge in [0.2, 0.25) is 5.91 Å².